The molecular formula is C21H22N6O. The van der Waals surface area contributed by atoms with Gasteiger partial charge in [0.2, 0.25) is 11.8 Å². The number of nitrogens with one attached hydrogen (secondary N) is 1. The smallest absolute Gasteiger partial charge is 0.247 e. The SMILES string of the molecule is CCCCn1cnc2c(OCc3ccccn3)nc(Nc3ccccc3)nc21. The molecule has 0 aliphatic heterocycles. The van der Waals surface area contributed by atoms with Crippen LogP contribution in [0, 0.1) is 0 Å². The number of hydrogen-bond donors (Lipinski definition) is 1. The standard InChI is InChI=1S/C21H22N6O/c1-2-3-13-27-15-23-18-19(27)25-21(24-16-9-5-4-6-10-16)26-20(18)28-14-17-11-7-8-12-22-17/h4-12,15H,2-3,13-14H2,1H3,(H,24,25,26). The first-order valence-corrected chi connectivity index (χ1v) is 9.41. The number of rotatable bonds is 8. The van der Waals surface area contributed by atoms with E-state index in [2.05, 4.69) is 32.2 Å². The van der Waals surface area contributed by atoms with Crippen LogP contribution in [0.3, 0.4) is 0 Å². The number of fused-ring (bicyclic) bond motifs is 1. The number of benzene rings is 1. The van der Waals surface area contributed by atoms with Gasteiger partial charge in [0, 0.05) is 18.4 Å². The molecule has 3 heterocycles. The highest BCUT2D eigenvalue weighted by molar-refractivity contribution is 5.78. The first-order valence-electron chi connectivity index (χ1n) is 9.41. The maximum absolute atomic E-state index is 5.97. The van der Waals surface area contributed by atoms with E-state index in [4.69, 9.17) is 4.74 Å². The van der Waals surface area contributed by atoms with Crippen LogP contribution in [0.15, 0.2) is 61.1 Å². The van der Waals surface area contributed by atoms with Gasteiger partial charge in [0.15, 0.2) is 11.2 Å². The van der Waals surface area contributed by atoms with Crippen LogP contribution in [0.5, 0.6) is 5.88 Å². The highest BCUT2D eigenvalue weighted by Gasteiger charge is 2.15. The minimum Gasteiger partial charge on any atom is -0.469 e. The van der Waals surface area contributed by atoms with Gasteiger partial charge in [0.25, 0.3) is 0 Å². The lowest BCUT2D eigenvalue weighted by Crippen LogP contribution is -2.05. The van der Waals surface area contributed by atoms with Crippen LogP contribution in [0.1, 0.15) is 25.5 Å². The van der Waals surface area contributed by atoms with E-state index in [1.807, 2.05) is 53.1 Å². The first-order chi connectivity index (χ1) is 13.8. The van der Waals surface area contributed by atoms with E-state index in [9.17, 15) is 0 Å². The minimum absolute atomic E-state index is 0.319. The fourth-order valence-corrected chi connectivity index (χ4v) is 2.84. The molecule has 7 nitrogen and oxygen atoms in total. The normalized spacial score (nSPS) is 10.9. The Kier molecular flexibility index (Phi) is 5.42. The van der Waals surface area contributed by atoms with Crippen LogP contribution in [-0.2, 0) is 13.2 Å². The number of para-hydroxylation sites is 1. The van der Waals surface area contributed by atoms with Crippen LogP contribution in [0.2, 0.25) is 0 Å². The van der Waals surface area contributed by atoms with Gasteiger partial charge in [-0.3, -0.25) is 4.98 Å². The van der Waals surface area contributed by atoms with Crippen molar-refractivity contribution in [2.45, 2.75) is 32.9 Å². The zero-order valence-electron chi connectivity index (χ0n) is 15.7. The summed E-state index contributed by atoms with van der Waals surface area (Å²) in [5, 5.41) is 3.25. The van der Waals surface area contributed by atoms with Crippen LogP contribution in [0.25, 0.3) is 11.2 Å². The van der Waals surface area contributed by atoms with Gasteiger partial charge in [-0.1, -0.05) is 37.6 Å². The number of pyridine rings is 1. The molecule has 4 aromatic rings. The molecule has 0 aliphatic rings. The van der Waals surface area contributed by atoms with Gasteiger partial charge >= 0.3 is 0 Å². The Morgan fingerprint density at radius 1 is 1.00 bits per heavy atom. The molecule has 0 fully saturated rings. The van der Waals surface area contributed by atoms with E-state index < -0.39 is 0 Å². The predicted octanol–water partition coefficient (Wildman–Crippen LogP) is 4.34. The molecule has 0 atom stereocenters. The van der Waals surface area contributed by atoms with E-state index in [1.54, 1.807) is 12.5 Å². The predicted molar refractivity (Wildman–Crippen MR) is 109 cm³/mol. The summed E-state index contributed by atoms with van der Waals surface area (Å²) in [5.41, 5.74) is 3.16. The van der Waals surface area contributed by atoms with E-state index >= 15 is 0 Å². The van der Waals surface area contributed by atoms with Crippen molar-refractivity contribution in [2.75, 3.05) is 5.32 Å². The average Bonchev–Trinajstić information content (AvgIpc) is 3.15. The second kappa shape index (κ2) is 8.47. The van der Waals surface area contributed by atoms with Crippen molar-refractivity contribution in [3.63, 3.8) is 0 Å². The number of unbranched alkanes of at least 4 members (excludes halogenated alkanes) is 1. The summed E-state index contributed by atoms with van der Waals surface area (Å²) in [6.45, 7) is 3.34. The molecule has 1 aromatic carbocycles. The first kappa shape index (κ1) is 17.9. The third-order valence-corrected chi connectivity index (χ3v) is 4.30. The molecule has 0 unspecified atom stereocenters. The Hall–Kier alpha value is -3.48. The van der Waals surface area contributed by atoms with Crippen LogP contribution in [0.4, 0.5) is 11.6 Å². The molecule has 0 spiro atoms. The van der Waals surface area contributed by atoms with Gasteiger partial charge in [-0.05, 0) is 30.7 Å². The van der Waals surface area contributed by atoms with Gasteiger partial charge in [0.1, 0.15) is 6.61 Å². The van der Waals surface area contributed by atoms with Crippen LogP contribution >= 0.6 is 0 Å². The van der Waals surface area contributed by atoms with Crippen molar-refractivity contribution in [3.05, 3.63) is 66.7 Å². The lowest BCUT2D eigenvalue weighted by molar-refractivity contribution is 0.293. The fraction of sp³-hybridized carbons (Fsp3) is 0.238. The Morgan fingerprint density at radius 3 is 2.64 bits per heavy atom. The van der Waals surface area contributed by atoms with Crippen molar-refractivity contribution in [1.82, 2.24) is 24.5 Å². The lowest BCUT2D eigenvalue weighted by atomic mass is 10.3. The van der Waals surface area contributed by atoms with E-state index in [-0.39, 0.29) is 0 Å². The molecule has 4 rings (SSSR count). The molecule has 1 N–H and O–H groups in total. The molecule has 0 saturated carbocycles. The Morgan fingerprint density at radius 2 is 1.86 bits per heavy atom. The number of ether oxygens (including phenoxy) is 1. The Bertz CT molecular complexity index is 1030. The fourth-order valence-electron chi connectivity index (χ4n) is 2.84. The summed E-state index contributed by atoms with van der Waals surface area (Å²) in [6, 6.07) is 15.6. The summed E-state index contributed by atoms with van der Waals surface area (Å²) >= 11 is 0. The zero-order valence-corrected chi connectivity index (χ0v) is 15.7. The largest absolute Gasteiger partial charge is 0.469 e. The average molecular weight is 374 g/mol. The third kappa shape index (κ3) is 4.09. The highest BCUT2D eigenvalue weighted by atomic mass is 16.5. The molecule has 0 saturated heterocycles. The molecule has 0 bridgehead atoms. The van der Waals surface area contributed by atoms with Crippen LogP contribution in [-0.4, -0.2) is 24.5 Å². The zero-order chi connectivity index (χ0) is 19.2. The van der Waals surface area contributed by atoms with Gasteiger partial charge in [-0.2, -0.15) is 9.97 Å². The van der Waals surface area contributed by atoms with Crippen LogP contribution < -0.4 is 10.1 Å². The molecular weight excluding hydrogens is 352 g/mol. The monoisotopic (exact) mass is 374 g/mol. The molecule has 0 amide bonds. The van der Waals surface area contributed by atoms with Crippen molar-refractivity contribution < 1.29 is 4.74 Å². The van der Waals surface area contributed by atoms with Gasteiger partial charge in [-0.25, -0.2) is 4.98 Å². The second-order valence-corrected chi connectivity index (χ2v) is 6.42. The topological polar surface area (TPSA) is 77.8 Å². The summed E-state index contributed by atoms with van der Waals surface area (Å²) in [5.74, 6) is 0.928. The van der Waals surface area contributed by atoms with Crippen molar-refractivity contribution in [2.24, 2.45) is 0 Å². The highest BCUT2D eigenvalue weighted by Crippen LogP contribution is 2.25. The summed E-state index contributed by atoms with van der Waals surface area (Å²) in [7, 11) is 0. The van der Waals surface area contributed by atoms with Gasteiger partial charge in [-0.15, -0.1) is 0 Å². The Balaban J connectivity index is 1.67. The molecule has 0 aliphatic carbocycles. The van der Waals surface area contributed by atoms with Crippen molar-refractivity contribution in [1.29, 1.82) is 0 Å². The quantitative estimate of drug-likeness (QED) is 0.494. The van der Waals surface area contributed by atoms with Gasteiger partial charge in [0.05, 0.1) is 12.0 Å². The number of aromatic nitrogens is 5. The molecule has 0 radical (unpaired) electrons. The van der Waals surface area contributed by atoms with Gasteiger partial charge < -0.3 is 14.6 Å². The lowest BCUT2D eigenvalue weighted by Gasteiger charge is -2.10. The summed E-state index contributed by atoms with van der Waals surface area (Å²) < 4.78 is 8.02. The number of hydrogen-bond acceptors (Lipinski definition) is 6. The maximum atomic E-state index is 5.97. The summed E-state index contributed by atoms with van der Waals surface area (Å²) in [6.07, 6.45) is 5.70. The van der Waals surface area contributed by atoms with Crippen molar-refractivity contribution in [3.8, 4) is 5.88 Å². The number of anilines is 2. The minimum atomic E-state index is 0.319. The van der Waals surface area contributed by atoms with E-state index in [0.29, 0.717) is 24.0 Å². The number of aryl methyl sites for hydroxylation is 1. The van der Waals surface area contributed by atoms with Crippen molar-refractivity contribution >= 4 is 22.8 Å². The number of imidazole rings is 1. The molecule has 3 aromatic heterocycles. The maximum Gasteiger partial charge on any atom is 0.247 e. The molecule has 28 heavy (non-hydrogen) atoms. The molecule has 142 valence electrons. The second-order valence-electron chi connectivity index (χ2n) is 6.42. The number of nitrogens with zero attached hydrogens (tertiary/aromatic N) is 5. The molecule has 7 heteroatoms. The Labute approximate surface area is 163 Å². The van der Waals surface area contributed by atoms with E-state index in [1.165, 1.54) is 0 Å². The summed E-state index contributed by atoms with van der Waals surface area (Å²) in [4.78, 5) is 18.0. The van der Waals surface area contributed by atoms with E-state index in [0.717, 1.165) is 36.4 Å². The third-order valence-electron chi connectivity index (χ3n) is 4.30.